The number of ether oxygens (including phenoxy) is 2. The van der Waals surface area contributed by atoms with Crippen LogP contribution in [0, 0.1) is 12.7 Å². The molecule has 0 bridgehead atoms. The van der Waals surface area contributed by atoms with E-state index in [1.807, 2.05) is 19.9 Å². The summed E-state index contributed by atoms with van der Waals surface area (Å²) in [4.78, 5) is 33.3. The van der Waals surface area contributed by atoms with Gasteiger partial charge in [0.15, 0.2) is 21.6 Å². The molecular weight excluding hydrogens is 618 g/mol. The van der Waals surface area contributed by atoms with E-state index < -0.39 is 17.7 Å². The van der Waals surface area contributed by atoms with Gasteiger partial charge in [-0.3, -0.25) is 18.9 Å². The van der Waals surface area contributed by atoms with Crippen LogP contribution >= 0.6 is 23.1 Å². The van der Waals surface area contributed by atoms with Crippen molar-refractivity contribution in [2.24, 2.45) is 0 Å². The van der Waals surface area contributed by atoms with Gasteiger partial charge in [-0.1, -0.05) is 53.4 Å². The van der Waals surface area contributed by atoms with E-state index >= 15 is 0 Å². The lowest BCUT2D eigenvalue weighted by atomic mass is 9.96. The quantitative estimate of drug-likeness (QED) is 0.0609. The molecule has 45 heavy (non-hydrogen) atoms. The molecule has 13 heteroatoms. The largest absolute Gasteiger partial charge is 0.505 e. The minimum atomic E-state index is -1.08. The number of hydrogen-bond donors (Lipinski definition) is 1. The Hall–Kier alpha value is -4.75. The van der Waals surface area contributed by atoms with Crippen LogP contribution in [0.5, 0.6) is 11.5 Å². The Morgan fingerprint density at radius 3 is 2.56 bits per heavy atom. The van der Waals surface area contributed by atoms with Crippen LogP contribution in [0.25, 0.3) is 11.4 Å². The third kappa shape index (κ3) is 5.64. The summed E-state index contributed by atoms with van der Waals surface area (Å²) in [6.45, 7) is 6.17. The number of anilines is 1. The van der Waals surface area contributed by atoms with Gasteiger partial charge in [0, 0.05) is 11.9 Å². The zero-order valence-electron chi connectivity index (χ0n) is 24.6. The highest BCUT2D eigenvalue weighted by Gasteiger charge is 2.49. The Balaban J connectivity index is 1.48. The fraction of sp³-hybridized carbons (Fsp3) is 0.219. The van der Waals surface area contributed by atoms with Crippen molar-refractivity contribution < 1.29 is 28.6 Å². The van der Waals surface area contributed by atoms with Crippen LogP contribution in [0.1, 0.15) is 42.4 Å². The van der Waals surface area contributed by atoms with Gasteiger partial charge in [0.25, 0.3) is 5.78 Å². The molecule has 3 aromatic heterocycles. The maximum atomic E-state index is 14.2. The first-order valence-corrected chi connectivity index (χ1v) is 16.0. The number of thioether (sulfide) groups is 1. The van der Waals surface area contributed by atoms with Crippen LogP contribution in [0.3, 0.4) is 0 Å². The Bertz CT molecular complexity index is 1960. The summed E-state index contributed by atoms with van der Waals surface area (Å²) in [6.07, 6.45) is 1.73. The number of aryl methyl sites for hydroxylation is 1. The van der Waals surface area contributed by atoms with Crippen molar-refractivity contribution >= 4 is 51.3 Å². The van der Waals surface area contributed by atoms with Gasteiger partial charge in [-0.25, -0.2) is 9.37 Å². The van der Waals surface area contributed by atoms with Gasteiger partial charge in [-0.05, 0) is 62.2 Å². The van der Waals surface area contributed by atoms with Crippen molar-refractivity contribution in [3.8, 4) is 11.5 Å². The molecule has 1 amide bonds. The monoisotopic (exact) mass is 645 g/mol. The number of carbonyl (C=O) groups is 2. The summed E-state index contributed by atoms with van der Waals surface area (Å²) in [5, 5.41) is 20.4. The number of pyridine rings is 1. The van der Waals surface area contributed by atoms with Gasteiger partial charge in [0.1, 0.15) is 17.2 Å². The normalized spacial score (nSPS) is 16.1. The molecule has 2 aromatic carbocycles. The molecule has 1 atom stereocenters. The maximum absolute atomic E-state index is 14.2. The molecule has 1 saturated heterocycles. The third-order valence-electron chi connectivity index (χ3n) is 7.17. The van der Waals surface area contributed by atoms with Gasteiger partial charge >= 0.3 is 5.91 Å². The van der Waals surface area contributed by atoms with Crippen molar-refractivity contribution in [2.45, 2.75) is 36.9 Å². The molecule has 1 N–H and O–H groups in total. The highest BCUT2D eigenvalue weighted by Crippen LogP contribution is 2.46. The van der Waals surface area contributed by atoms with Crippen LogP contribution in [0.2, 0.25) is 0 Å². The average molecular weight is 646 g/mol. The zero-order chi connectivity index (χ0) is 31.7. The van der Waals surface area contributed by atoms with Crippen molar-refractivity contribution in [2.75, 3.05) is 18.1 Å². The van der Waals surface area contributed by atoms with Crippen molar-refractivity contribution in [3.05, 3.63) is 101 Å². The first kappa shape index (κ1) is 30.3. The minimum absolute atomic E-state index is 0.129. The molecule has 1 aliphatic rings. The second kappa shape index (κ2) is 12.7. The predicted molar refractivity (Wildman–Crippen MR) is 169 cm³/mol. The number of hydrogen-bond acceptors (Lipinski definition) is 10. The zero-order valence-corrected chi connectivity index (χ0v) is 26.2. The van der Waals surface area contributed by atoms with E-state index in [9.17, 15) is 19.1 Å². The SMILES string of the molecule is CCOc1ccc(C2/C(=C(\O)c3c(C)nc4ccccn34)C(=O)C(=O)N2c2nnc(SCc3ccccc3F)s2)cc1OCC. The van der Waals surface area contributed by atoms with Gasteiger partial charge in [0.2, 0.25) is 5.13 Å². The second-order valence-electron chi connectivity index (χ2n) is 9.95. The summed E-state index contributed by atoms with van der Waals surface area (Å²) in [6, 6.07) is 15.9. The number of aliphatic hydroxyl groups excluding tert-OH is 1. The van der Waals surface area contributed by atoms with Gasteiger partial charge < -0.3 is 14.6 Å². The lowest BCUT2D eigenvalue weighted by Gasteiger charge is -2.23. The molecule has 0 radical (unpaired) electrons. The minimum Gasteiger partial charge on any atom is -0.505 e. The van der Waals surface area contributed by atoms with Crippen LogP contribution in [-0.4, -0.2) is 49.6 Å². The lowest BCUT2D eigenvalue weighted by molar-refractivity contribution is -0.132. The molecule has 5 aromatic rings. The van der Waals surface area contributed by atoms with E-state index in [2.05, 4.69) is 15.2 Å². The van der Waals surface area contributed by atoms with Crippen molar-refractivity contribution in [1.82, 2.24) is 19.6 Å². The maximum Gasteiger partial charge on any atom is 0.301 e. The standard InChI is InChI=1S/C32H28FN5O5S2/c1-4-42-22-14-13-19(16-23(22)43-5-2)27-25(28(39)26-18(3)34-24-12-8-9-15-37(24)26)29(40)30(41)38(27)31-35-36-32(45-31)44-17-20-10-6-7-11-21(20)33/h6-16,27,39H,4-5,17H2,1-3H3/b28-25+. The molecule has 0 spiro atoms. The fourth-order valence-corrected chi connectivity index (χ4v) is 7.08. The number of carbonyl (C=O) groups excluding carboxylic acids is 2. The smallest absolute Gasteiger partial charge is 0.301 e. The van der Waals surface area contributed by atoms with Gasteiger partial charge in [-0.15, -0.1) is 10.2 Å². The number of benzene rings is 2. The number of Topliss-reactive ketones (excluding diaryl/α,β-unsaturated/α-hetero) is 1. The molecule has 4 heterocycles. The molecule has 0 saturated carbocycles. The van der Waals surface area contributed by atoms with E-state index in [-0.39, 0.29) is 22.3 Å². The van der Waals surface area contributed by atoms with E-state index in [1.54, 1.807) is 66.1 Å². The number of halogens is 1. The van der Waals surface area contributed by atoms with Crippen molar-refractivity contribution in [1.29, 1.82) is 0 Å². The Morgan fingerprint density at radius 2 is 1.78 bits per heavy atom. The highest BCUT2D eigenvalue weighted by molar-refractivity contribution is 8.00. The molecule has 1 fully saturated rings. The fourth-order valence-electron chi connectivity index (χ4n) is 5.22. The van der Waals surface area contributed by atoms with Crippen LogP contribution in [-0.2, 0) is 15.3 Å². The summed E-state index contributed by atoms with van der Waals surface area (Å²) < 4.78 is 27.9. The molecule has 10 nitrogen and oxygen atoms in total. The Kier molecular flexibility index (Phi) is 8.55. The first-order chi connectivity index (χ1) is 21.8. The highest BCUT2D eigenvalue weighted by atomic mass is 32.2. The molecule has 230 valence electrons. The second-order valence-corrected chi connectivity index (χ2v) is 12.1. The number of rotatable bonds is 10. The number of ketones is 1. The lowest BCUT2D eigenvalue weighted by Crippen LogP contribution is -2.29. The topological polar surface area (TPSA) is 119 Å². The number of fused-ring (bicyclic) bond motifs is 1. The average Bonchev–Trinajstić information content (AvgIpc) is 3.71. The first-order valence-electron chi connectivity index (χ1n) is 14.2. The Morgan fingerprint density at radius 1 is 1.02 bits per heavy atom. The van der Waals surface area contributed by atoms with Crippen LogP contribution < -0.4 is 14.4 Å². The molecule has 6 rings (SSSR count). The van der Waals surface area contributed by atoms with Gasteiger partial charge in [0.05, 0.1) is 30.5 Å². The number of amides is 1. The molecular formula is C32H28FN5O5S2. The van der Waals surface area contributed by atoms with E-state index in [4.69, 9.17) is 9.47 Å². The number of nitrogens with zero attached hydrogens (tertiary/aromatic N) is 5. The predicted octanol–water partition coefficient (Wildman–Crippen LogP) is 6.35. The van der Waals surface area contributed by atoms with Gasteiger partial charge in [-0.2, -0.15) is 0 Å². The summed E-state index contributed by atoms with van der Waals surface area (Å²) >= 11 is 2.36. The summed E-state index contributed by atoms with van der Waals surface area (Å²) in [7, 11) is 0. The number of aliphatic hydroxyl groups is 1. The van der Waals surface area contributed by atoms with E-state index in [0.717, 1.165) is 11.3 Å². The Labute approximate surface area is 266 Å². The van der Waals surface area contributed by atoms with Crippen LogP contribution in [0.4, 0.5) is 9.52 Å². The van der Waals surface area contributed by atoms with E-state index in [1.165, 1.54) is 22.7 Å². The molecule has 1 unspecified atom stereocenters. The molecule has 0 aliphatic carbocycles. The molecule has 1 aliphatic heterocycles. The number of imidazole rings is 1. The van der Waals surface area contributed by atoms with Crippen molar-refractivity contribution in [3.63, 3.8) is 0 Å². The van der Waals surface area contributed by atoms with Crippen LogP contribution in [0.15, 0.2) is 76.8 Å². The summed E-state index contributed by atoms with van der Waals surface area (Å²) in [5.41, 5.74) is 2.21. The third-order valence-corrected chi connectivity index (χ3v) is 9.27. The van der Waals surface area contributed by atoms with E-state index in [0.29, 0.717) is 63.0 Å². The number of aromatic nitrogens is 4. The summed E-state index contributed by atoms with van der Waals surface area (Å²) in [5.74, 6) is -1.24.